The van der Waals surface area contributed by atoms with E-state index in [0.717, 1.165) is 19.4 Å². The molecule has 10 nitrogen and oxygen atoms in total. The quantitative estimate of drug-likeness (QED) is 0.452. The van der Waals surface area contributed by atoms with Crippen LogP contribution in [0, 0.1) is 16.0 Å². The lowest BCUT2D eigenvalue weighted by Crippen LogP contribution is -2.37. The molecule has 0 spiro atoms. The molecule has 0 amide bonds. The molecule has 3 heterocycles. The van der Waals surface area contributed by atoms with Crippen LogP contribution in [0.25, 0.3) is 0 Å². The summed E-state index contributed by atoms with van der Waals surface area (Å²) in [6.07, 6.45) is 4.45. The van der Waals surface area contributed by atoms with Crippen LogP contribution in [-0.4, -0.2) is 60.3 Å². The van der Waals surface area contributed by atoms with Crippen LogP contribution < -0.4 is 10.2 Å². The lowest BCUT2D eigenvalue weighted by Gasteiger charge is -2.31. The Balaban J connectivity index is 1.73. The van der Waals surface area contributed by atoms with Crippen LogP contribution >= 0.6 is 0 Å². The number of rotatable bonds is 6. The second-order valence-corrected chi connectivity index (χ2v) is 6.45. The van der Waals surface area contributed by atoms with Gasteiger partial charge in [0.2, 0.25) is 11.6 Å². The number of anilines is 2. The molecule has 1 aromatic heterocycles. The summed E-state index contributed by atoms with van der Waals surface area (Å²) in [5.41, 5.74) is -0.137. The average Bonchev–Trinajstić information content (AvgIpc) is 3.19. The minimum Gasteiger partial charge on any atom is -0.469 e. The van der Waals surface area contributed by atoms with Gasteiger partial charge in [0.05, 0.1) is 24.1 Å². The third kappa shape index (κ3) is 4.01. The van der Waals surface area contributed by atoms with Crippen molar-refractivity contribution in [2.24, 2.45) is 5.92 Å². The van der Waals surface area contributed by atoms with Crippen LogP contribution in [0.5, 0.6) is 0 Å². The predicted octanol–water partition coefficient (Wildman–Crippen LogP) is 1.37. The fourth-order valence-electron chi connectivity index (χ4n) is 3.41. The standard InChI is InChI=1S/C16H23N5O5/c1-25-16(22)11-4-6-20(7-5-11)15-13(21(23)24)14(18-10-19-15)17-9-12-3-2-8-26-12/h10-12H,2-9H2,1H3,(H,17,18,19). The van der Waals surface area contributed by atoms with Crippen molar-refractivity contribution in [2.75, 3.05) is 43.6 Å². The van der Waals surface area contributed by atoms with Gasteiger partial charge in [-0.25, -0.2) is 9.97 Å². The van der Waals surface area contributed by atoms with Gasteiger partial charge in [-0.2, -0.15) is 0 Å². The minimum atomic E-state index is -0.459. The maximum atomic E-state index is 11.7. The molecule has 0 aliphatic carbocycles. The van der Waals surface area contributed by atoms with Gasteiger partial charge in [-0.3, -0.25) is 14.9 Å². The van der Waals surface area contributed by atoms with E-state index in [9.17, 15) is 14.9 Å². The second-order valence-electron chi connectivity index (χ2n) is 6.45. The van der Waals surface area contributed by atoms with Crippen LogP contribution in [0.1, 0.15) is 25.7 Å². The summed E-state index contributed by atoms with van der Waals surface area (Å²) in [6.45, 7) is 2.20. The molecule has 2 fully saturated rings. The van der Waals surface area contributed by atoms with Gasteiger partial charge in [-0.05, 0) is 25.7 Å². The fourth-order valence-corrected chi connectivity index (χ4v) is 3.41. The van der Waals surface area contributed by atoms with Gasteiger partial charge in [0, 0.05) is 26.2 Å². The first-order chi connectivity index (χ1) is 12.6. The number of carbonyl (C=O) groups is 1. The highest BCUT2D eigenvalue weighted by atomic mass is 16.6. The first kappa shape index (κ1) is 18.3. The van der Waals surface area contributed by atoms with Crippen molar-refractivity contribution in [1.82, 2.24) is 9.97 Å². The van der Waals surface area contributed by atoms with Gasteiger partial charge in [0.25, 0.3) is 0 Å². The molecule has 10 heteroatoms. The molecule has 0 radical (unpaired) electrons. The van der Waals surface area contributed by atoms with Crippen LogP contribution in [0.2, 0.25) is 0 Å². The predicted molar refractivity (Wildman–Crippen MR) is 93.1 cm³/mol. The van der Waals surface area contributed by atoms with Gasteiger partial charge in [0.1, 0.15) is 6.33 Å². The summed E-state index contributed by atoms with van der Waals surface area (Å²) >= 11 is 0. The number of piperidine rings is 1. The molecule has 26 heavy (non-hydrogen) atoms. The molecule has 1 unspecified atom stereocenters. The molecule has 142 valence electrons. The Labute approximate surface area is 151 Å². The summed E-state index contributed by atoms with van der Waals surface area (Å²) in [5.74, 6) is 0.0729. The van der Waals surface area contributed by atoms with Gasteiger partial charge < -0.3 is 19.7 Å². The maximum absolute atomic E-state index is 11.7. The number of aromatic nitrogens is 2. The van der Waals surface area contributed by atoms with Crippen LogP contribution in [-0.2, 0) is 14.3 Å². The zero-order valence-electron chi connectivity index (χ0n) is 14.7. The van der Waals surface area contributed by atoms with Crippen LogP contribution in [0.15, 0.2) is 6.33 Å². The second kappa shape index (κ2) is 8.26. The van der Waals surface area contributed by atoms with E-state index in [2.05, 4.69) is 15.3 Å². The van der Waals surface area contributed by atoms with E-state index in [1.54, 1.807) is 0 Å². The minimum absolute atomic E-state index is 0.0452. The summed E-state index contributed by atoms with van der Waals surface area (Å²) in [6, 6.07) is 0. The molecule has 0 saturated carbocycles. The van der Waals surface area contributed by atoms with Crippen molar-refractivity contribution in [3.8, 4) is 0 Å². The Morgan fingerprint density at radius 1 is 1.42 bits per heavy atom. The van der Waals surface area contributed by atoms with Crippen molar-refractivity contribution in [3.63, 3.8) is 0 Å². The van der Waals surface area contributed by atoms with Crippen LogP contribution in [0.3, 0.4) is 0 Å². The molecule has 1 atom stereocenters. The Bertz CT molecular complexity index is 656. The van der Waals surface area contributed by atoms with Crippen molar-refractivity contribution < 1.29 is 19.2 Å². The number of carbonyl (C=O) groups excluding carboxylic acids is 1. The summed E-state index contributed by atoms with van der Waals surface area (Å²) < 4.78 is 10.3. The smallest absolute Gasteiger partial charge is 0.353 e. The van der Waals surface area contributed by atoms with Crippen molar-refractivity contribution in [2.45, 2.75) is 31.8 Å². The third-order valence-corrected chi connectivity index (χ3v) is 4.84. The molecule has 1 aromatic rings. The van der Waals surface area contributed by atoms with E-state index in [-0.39, 0.29) is 35.3 Å². The largest absolute Gasteiger partial charge is 0.469 e. The number of nitrogens with one attached hydrogen (secondary N) is 1. The summed E-state index contributed by atoms with van der Waals surface area (Å²) in [5, 5.41) is 14.7. The molecule has 2 aliphatic rings. The Kier molecular flexibility index (Phi) is 5.82. The van der Waals surface area contributed by atoms with Crippen molar-refractivity contribution >= 4 is 23.3 Å². The van der Waals surface area contributed by atoms with Gasteiger partial charge in [-0.1, -0.05) is 0 Å². The van der Waals surface area contributed by atoms with Crippen LogP contribution in [0.4, 0.5) is 17.3 Å². The van der Waals surface area contributed by atoms with E-state index in [1.165, 1.54) is 13.4 Å². The van der Waals surface area contributed by atoms with Gasteiger partial charge in [-0.15, -0.1) is 0 Å². The van der Waals surface area contributed by atoms with E-state index >= 15 is 0 Å². The Morgan fingerprint density at radius 2 is 2.19 bits per heavy atom. The number of ether oxygens (including phenoxy) is 2. The molecule has 0 aromatic carbocycles. The zero-order valence-corrected chi connectivity index (χ0v) is 14.7. The van der Waals surface area contributed by atoms with Gasteiger partial charge >= 0.3 is 11.7 Å². The van der Waals surface area contributed by atoms with E-state index in [4.69, 9.17) is 9.47 Å². The molecule has 2 saturated heterocycles. The Hall–Kier alpha value is -2.49. The molecule has 2 aliphatic heterocycles. The average molecular weight is 365 g/mol. The van der Waals surface area contributed by atoms with E-state index < -0.39 is 4.92 Å². The van der Waals surface area contributed by atoms with Crippen molar-refractivity contribution in [1.29, 1.82) is 0 Å². The number of nitro groups is 1. The third-order valence-electron chi connectivity index (χ3n) is 4.84. The molecular weight excluding hydrogens is 342 g/mol. The number of hydrogen-bond acceptors (Lipinski definition) is 9. The molecule has 1 N–H and O–H groups in total. The summed E-state index contributed by atoms with van der Waals surface area (Å²) in [4.78, 5) is 32.9. The van der Waals surface area contributed by atoms with Gasteiger partial charge in [0.15, 0.2) is 0 Å². The number of esters is 1. The molecular formula is C16H23N5O5. The first-order valence-electron chi connectivity index (χ1n) is 8.77. The van der Waals surface area contributed by atoms with Crippen molar-refractivity contribution in [3.05, 3.63) is 16.4 Å². The number of nitrogens with zero attached hydrogens (tertiary/aromatic N) is 4. The first-order valence-corrected chi connectivity index (χ1v) is 8.77. The monoisotopic (exact) mass is 365 g/mol. The highest BCUT2D eigenvalue weighted by molar-refractivity contribution is 5.74. The van der Waals surface area contributed by atoms with E-state index in [0.29, 0.717) is 32.5 Å². The molecule has 0 bridgehead atoms. The van der Waals surface area contributed by atoms with E-state index in [1.807, 2.05) is 4.90 Å². The summed E-state index contributed by atoms with van der Waals surface area (Å²) in [7, 11) is 1.37. The SMILES string of the molecule is COC(=O)C1CCN(c2ncnc(NCC3CCCO3)c2[N+](=O)[O-])CC1. The highest BCUT2D eigenvalue weighted by Gasteiger charge is 2.32. The maximum Gasteiger partial charge on any atom is 0.353 e. The number of hydrogen-bond donors (Lipinski definition) is 1. The highest BCUT2D eigenvalue weighted by Crippen LogP contribution is 2.34. The topological polar surface area (TPSA) is 120 Å². The Morgan fingerprint density at radius 3 is 2.81 bits per heavy atom. The lowest BCUT2D eigenvalue weighted by molar-refractivity contribution is -0.383. The lowest BCUT2D eigenvalue weighted by atomic mass is 9.97. The zero-order chi connectivity index (χ0) is 18.5. The normalized spacial score (nSPS) is 20.8. The molecule has 3 rings (SSSR count). The number of methoxy groups -OCH3 is 1. The fraction of sp³-hybridized carbons (Fsp3) is 0.688.